The molecule has 0 saturated heterocycles. The van der Waals surface area contributed by atoms with Crippen LogP contribution in [0.15, 0.2) is 60.0 Å². The van der Waals surface area contributed by atoms with E-state index in [0.717, 1.165) is 11.4 Å². The highest BCUT2D eigenvalue weighted by Gasteiger charge is 2.16. The molecule has 0 atom stereocenters. The number of imidazole rings is 1. The summed E-state index contributed by atoms with van der Waals surface area (Å²) in [4.78, 5) is 4.19. The summed E-state index contributed by atoms with van der Waals surface area (Å²) in [5, 5.41) is 16.4. The maximum Gasteiger partial charge on any atom is 0.162 e. The van der Waals surface area contributed by atoms with Gasteiger partial charge in [0, 0.05) is 30.7 Å². The Morgan fingerprint density at radius 1 is 1.29 bits per heavy atom. The highest BCUT2D eigenvalue weighted by atomic mass is 35.5. The smallest absolute Gasteiger partial charge is 0.162 e. The second kappa shape index (κ2) is 6.64. The average molecular weight is 342 g/mol. The summed E-state index contributed by atoms with van der Waals surface area (Å²) >= 11 is 6.38. The van der Waals surface area contributed by atoms with Crippen LogP contribution in [0, 0.1) is 0 Å². The largest absolute Gasteiger partial charge is 0.410 e. The normalized spacial score (nSPS) is 11.5. The first-order chi connectivity index (χ1) is 11.6. The monoisotopic (exact) mass is 341 g/mol. The number of halogens is 1. The van der Waals surface area contributed by atoms with Gasteiger partial charge in [-0.2, -0.15) is 0 Å². The molecular formula is C17H16ClN5O. The summed E-state index contributed by atoms with van der Waals surface area (Å²) in [6, 6.07) is 12.8. The molecule has 0 bridgehead atoms. The molecule has 0 unspecified atom stereocenters. The number of nitrogens with two attached hydrogens (primary N) is 1. The van der Waals surface area contributed by atoms with Gasteiger partial charge in [0.05, 0.1) is 16.4 Å². The van der Waals surface area contributed by atoms with E-state index in [0.29, 0.717) is 27.8 Å². The molecule has 0 spiro atoms. The molecule has 0 amide bonds. The molecule has 1 aromatic heterocycles. The van der Waals surface area contributed by atoms with Crippen LogP contribution in [0.5, 0.6) is 0 Å². The Kier molecular flexibility index (Phi) is 4.39. The molecule has 3 aromatic rings. The molecule has 0 radical (unpaired) electrons. The van der Waals surface area contributed by atoms with Crippen LogP contribution >= 0.6 is 11.6 Å². The van der Waals surface area contributed by atoms with Gasteiger partial charge in [0.15, 0.2) is 11.5 Å². The van der Waals surface area contributed by atoms with Crippen molar-refractivity contribution in [3.05, 3.63) is 71.3 Å². The van der Waals surface area contributed by atoms with E-state index in [2.05, 4.69) is 15.5 Å². The number of para-hydroxylation sites is 2. The lowest BCUT2D eigenvalue weighted by Gasteiger charge is -2.12. The second-order valence-corrected chi connectivity index (χ2v) is 5.62. The minimum Gasteiger partial charge on any atom is -0.410 e. The van der Waals surface area contributed by atoms with E-state index in [4.69, 9.17) is 17.3 Å². The van der Waals surface area contributed by atoms with Crippen LogP contribution in [0.1, 0.15) is 11.4 Å². The summed E-state index contributed by atoms with van der Waals surface area (Å²) in [7, 11) is 1.82. The number of hydrogen-bond donors (Lipinski definition) is 3. The van der Waals surface area contributed by atoms with Crippen molar-refractivity contribution in [3.8, 4) is 0 Å². The molecule has 0 aliphatic rings. The number of oxime groups is 1. The fourth-order valence-corrected chi connectivity index (χ4v) is 2.63. The van der Waals surface area contributed by atoms with Crippen LogP contribution < -0.4 is 11.1 Å². The summed E-state index contributed by atoms with van der Waals surface area (Å²) < 4.78 is 1.75. The lowest BCUT2D eigenvalue weighted by atomic mass is 10.1. The van der Waals surface area contributed by atoms with Gasteiger partial charge in [-0.1, -0.05) is 28.9 Å². The fraction of sp³-hybridized carbons (Fsp3) is 0.0588. The zero-order valence-corrected chi connectivity index (χ0v) is 13.7. The molecule has 4 N–H and O–H groups in total. The molecule has 0 aliphatic carbocycles. The first-order valence-electron chi connectivity index (χ1n) is 7.21. The number of aromatic nitrogens is 2. The molecule has 0 aliphatic heterocycles. The van der Waals surface area contributed by atoms with Gasteiger partial charge in [-0.3, -0.25) is 0 Å². The number of anilines is 3. The first kappa shape index (κ1) is 15.9. The second-order valence-electron chi connectivity index (χ2n) is 5.22. The van der Waals surface area contributed by atoms with Crippen molar-refractivity contribution in [3.63, 3.8) is 0 Å². The number of hydrogen-bond acceptors (Lipinski definition) is 5. The Hall–Kier alpha value is -2.99. The van der Waals surface area contributed by atoms with Gasteiger partial charge in [0.25, 0.3) is 0 Å². The molecular weight excluding hydrogens is 326 g/mol. The van der Waals surface area contributed by atoms with Crippen molar-refractivity contribution >= 4 is 34.4 Å². The van der Waals surface area contributed by atoms with Gasteiger partial charge in [-0.25, -0.2) is 4.98 Å². The third-order valence-corrected chi connectivity index (χ3v) is 3.91. The number of nitrogen functional groups attached to an aromatic ring is 1. The maximum absolute atomic E-state index is 9.38. The Labute approximate surface area is 144 Å². The number of nitrogens with one attached hydrogen (secondary N) is 1. The highest BCUT2D eigenvalue weighted by Crippen LogP contribution is 2.27. The number of benzene rings is 2. The van der Waals surface area contributed by atoms with E-state index >= 15 is 0 Å². The van der Waals surface area contributed by atoms with Crippen molar-refractivity contribution in [2.75, 3.05) is 11.1 Å². The van der Waals surface area contributed by atoms with Gasteiger partial charge >= 0.3 is 0 Å². The Morgan fingerprint density at radius 2 is 2.08 bits per heavy atom. The maximum atomic E-state index is 9.38. The van der Waals surface area contributed by atoms with Crippen LogP contribution in [0.4, 0.5) is 17.1 Å². The standard InChI is InChI=1S/C17H16ClN5O/c1-23-9-8-20-17(23)16(22-24)12-7-6-11(10-13(12)18)21-15-5-3-2-4-14(15)19/h2-10,21,24H,19H2,1H3. The zero-order chi connectivity index (χ0) is 17.1. The molecule has 0 saturated carbocycles. The van der Waals surface area contributed by atoms with Crippen LogP contribution in [0.25, 0.3) is 0 Å². The molecule has 6 nitrogen and oxygen atoms in total. The molecule has 24 heavy (non-hydrogen) atoms. The molecule has 3 rings (SSSR count). The Morgan fingerprint density at radius 3 is 2.71 bits per heavy atom. The predicted octanol–water partition coefficient (Wildman–Crippen LogP) is 3.63. The van der Waals surface area contributed by atoms with Gasteiger partial charge in [-0.05, 0) is 30.3 Å². The molecule has 122 valence electrons. The summed E-state index contributed by atoms with van der Waals surface area (Å²) in [6.45, 7) is 0. The van der Waals surface area contributed by atoms with E-state index in [1.165, 1.54) is 0 Å². The number of rotatable bonds is 4. The van der Waals surface area contributed by atoms with Gasteiger partial charge in [-0.15, -0.1) is 0 Å². The van der Waals surface area contributed by atoms with Crippen molar-refractivity contribution in [1.82, 2.24) is 9.55 Å². The lowest BCUT2D eigenvalue weighted by molar-refractivity contribution is 0.319. The quantitative estimate of drug-likeness (QED) is 0.292. The predicted molar refractivity (Wildman–Crippen MR) is 96.2 cm³/mol. The van der Waals surface area contributed by atoms with E-state index in [9.17, 15) is 5.21 Å². The SMILES string of the molecule is Cn1ccnc1C(=NO)c1ccc(Nc2ccccc2N)cc1Cl. The molecule has 2 aromatic carbocycles. The van der Waals surface area contributed by atoms with E-state index in [-0.39, 0.29) is 0 Å². The first-order valence-corrected chi connectivity index (χ1v) is 7.59. The highest BCUT2D eigenvalue weighted by molar-refractivity contribution is 6.35. The Bertz CT molecular complexity index is 904. The number of nitrogens with zero attached hydrogens (tertiary/aromatic N) is 3. The van der Waals surface area contributed by atoms with E-state index in [1.807, 2.05) is 37.4 Å². The van der Waals surface area contributed by atoms with Crippen molar-refractivity contribution < 1.29 is 5.21 Å². The van der Waals surface area contributed by atoms with Crippen molar-refractivity contribution in [2.24, 2.45) is 12.2 Å². The summed E-state index contributed by atoms with van der Waals surface area (Å²) in [5.41, 5.74) is 9.03. The minimum absolute atomic E-state index is 0.304. The van der Waals surface area contributed by atoms with Crippen LogP contribution in [-0.2, 0) is 7.05 Å². The van der Waals surface area contributed by atoms with Crippen LogP contribution in [0.2, 0.25) is 5.02 Å². The van der Waals surface area contributed by atoms with Gasteiger partial charge in [0.1, 0.15) is 0 Å². The average Bonchev–Trinajstić information content (AvgIpc) is 2.98. The van der Waals surface area contributed by atoms with Gasteiger partial charge in [0.2, 0.25) is 0 Å². The van der Waals surface area contributed by atoms with Gasteiger partial charge < -0.3 is 20.8 Å². The molecule has 1 heterocycles. The zero-order valence-electron chi connectivity index (χ0n) is 12.9. The minimum atomic E-state index is 0.304. The van der Waals surface area contributed by atoms with E-state index < -0.39 is 0 Å². The third kappa shape index (κ3) is 3.04. The summed E-state index contributed by atoms with van der Waals surface area (Å²) in [5.74, 6) is 0.521. The fourth-order valence-electron chi connectivity index (χ4n) is 2.36. The van der Waals surface area contributed by atoms with Crippen molar-refractivity contribution in [1.29, 1.82) is 0 Å². The van der Waals surface area contributed by atoms with Crippen molar-refractivity contribution in [2.45, 2.75) is 0 Å². The summed E-state index contributed by atoms with van der Waals surface area (Å²) in [6.07, 6.45) is 3.39. The lowest BCUT2D eigenvalue weighted by Crippen LogP contribution is -2.11. The molecule has 7 heteroatoms. The molecule has 0 fully saturated rings. The topological polar surface area (TPSA) is 88.5 Å². The van der Waals surface area contributed by atoms with E-state index in [1.54, 1.807) is 29.1 Å². The number of aryl methyl sites for hydroxylation is 1. The Balaban J connectivity index is 1.93. The third-order valence-electron chi connectivity index (χ3n) is 3.60. The van der Waals surface area contributed by atoms with Crippen LogP contribution in [-0.4, -0.2) is 20.5 Å². The van der Waals surface area contributed by atoms with Crippen LogP contribution in [0.3, 0.4) is 0 Å².